The Labute approximate surface area is 193 Å². The summed E-state index contributed by atoms with van der Waals surface area (Å²) < 4.78 is 0. The second kappa shape index (κ2) is 9.62. The fraction of sp³-hybridized carbons (Fsp3) is 0.400. The van der Waals surface area contributed by atoms with Crippen LogP contribution in [0, 0.1) is 11.3 Å². The Balaban J connectivity index is 1.33. The number of nitrogens with one attached hydrogen (secondary N) is 2. The molecule has 0 unspecified atom stereocenters. The Kier molecular flexibility index (Phi) is 6.66. The summed E-state index contributed by atoms with van der Waals surface area (Å²) in [7, 11) is 0. The third-order valence-electron chi connectivity index (χ3n) is 6.28. The summed E-state index contributed by atoms with van der Waals surface area (Å²) in [5, 5.41) is 16.3. The molecule has 6 nitrogen and oxygen atoms in total. The maximum atomic E-state index is 12.5. The molecule has 166 valence electrons. The van der Waals surface area contributed by atoms with Crippen LogP contribution in [-0.2, 0) is 22.6 Å². The first kappa shape index (κ1) is 22.2. The van der Waals surface area contributed by atoms with Gasteiger partial charge in [-0.3, -0.25) is 9.59 Å². The van der Waals surface area contributed by atoms with Crippen molar-refractivity contribution in [2.24, 2.45) is 0 Å². The van der Waals surface area contributed by atoms with Crippen molar-refractivity contribution in [3.63, 3.8) is 0 Å². The lowest BCUT2D eigenvalue weighted by atomic mass is 9.92. The molecule has 0 spiro atoms. The van der Waals surface area contributed by atoms with Gasteiger partial charge in [-0.25, -0.2) is 0 Å². The molecule has 32 heavy (non-hydrogen) atoms. The molecule has 2 amide bonds. The van der Waals surface area contributed by atoms with Gasteiger partial charge in [-0.2, -0.15) is 5.26 Å². The highest BCUT2D eigenvalue weighted by molar-refractivity contribution is 6.31. The number of carbonyl (C=O) groups is 2. The summed E-state index contributed by atoms with van der Waals surface area (Å²) in [6.07, 6.45) is 6.00. The van der Waals surface area contributed by atoms with Crippen LogP contribution in [-0.4, -0.2) is 23.9 Å². The molecule has 0 bridgehead atoms. The minimum absolute atomic E-state index is 0.0612. The van der Waals surface area contributed by atoms with Crippen molar-refractivity contribution in [1.82, 2.24) is 5.32 Å². The van der Waals surface area contributed by atoms with E-state index in [-0.39, 0.29) is 18.4 Å². The van der Waals surface area contributed by atoms with Crippen LogP contribution in [0.3, 0.4) is 0 Å². The Morgan fingerprint density at radius 2 is 1.81 bits per heavy atom. The van der Waals surface area contributed by atoms with Crippen molar-refractivity contribution in [3.05, 3.63) is 58.6 Å². The highest BCUT2D eigenvalue weighted by Crippen LogP contribution is 2.33. The van der Waals surface area contributed by atoms with Gasteiger partial charge >= 0.3 is 0 Å². The molecule has 2 N–H and O–H groups in total. The number of rotatable bonds is 6. The van der Waals surface area contributed by atoms with Crippen molar-refractivity contribution in [1.29, 1.82) is 5.26 Å². The lowest BCUT2D eigenvalue weighted by Crippen LogP contribution is -2.48. The minimum Gasteiger partial charge on any atom is -0.376 e. The van der Waals surface area contributed by atoms with Gasteiger partial charge in [0.15, 0.2) is 0 Å². The predicted molar refractivity (Wildman–Crippen MR) is 125 cm³/mol. The SMILES string of the molecule is N#CC1(NC(=O)CNc2ccc(CN3C(=O)Cc4ccc(Cl)cc43)cc2)CCCCCC1. The van der Waals surface area contributed by atoms with Gasteiger partial charge in [0, 0.05) is 16.4 Å². The summed E-state index contributed by atoms with van der Waals surface area (Å²) in [5.74, 6) is -0.111. The molecular formula is C25H27ClN4O2. The first-order chi connectivity index (χ1) is 15.5. The molecule has 4 rings (SSSR count). The highest BCUT2D eigenvalue weighted by atomic mass is 35.5. The van der Waals surface area contributed by atoms with Gasteiger partial charge in [-0.15, -0.1) is 0 Å². The maximum Gasteiger partial charge on any atom is 0.240 e. The topological polar surface area (TPSA) is 85.2 Å². The Bertz CT molecular complexity index is 1040. The number of benzene rings is 2. The van der Waals surface area contributed by atoms with E-state index in [1.54, 1.807) is 4.90 Å². The lowest BCUT2D eigenvalue weighted by Gasteiger charge is -2.26. The molecule has 7 heteroatoms. The monoisotopic (exact) mass is 450 g/mol. The van der Waals surface area contributed by atoms with E-state index >= 15 is 0 Å². The fourth-order valence-corrected chi connectivity index (χ4v) is 4.67. The molecule has 1 heterocycles. The standard InChI is InChI=1S/C25H27ClN4O2/c26-20-8-7-19-13-24(32)30(22(19)14-20)16-18-5-9-21(10-6-18)28-15-23(31)29-25(17-27)11-3-1-2-4-12-25/h5-10,14,28H,1-4,11-13,15-16H2,(H,29,31). The van der Waals surface area contributed by atoms with Crippen molar-refractivity contribution in [3.8, 4) is 6.07 Å². The molecule has 0 saturated heterocycles. The van der Waals surface area contributed by atoms with E-state index < -0.39 is 5.54 Å². The highest BCUT2D eigenvalue weighted by Gasteiger charge is 2.32. The summed E-state index contributed by atoms with van der Waals surface area (Å²) in [6.45, 7) is 0.580. The number of anilines is 2. The number of nitriles is 1. The second-order valence-corrected chi connectivity index (χ2v) is 9.07. The number of carbonyl (C=O) groups excluding carboxylic acids is 2. The third-order valence-corrected chi connectivity index (χ3v) is 6.51. The van der Waals surface area contributed by atoms with E-state index in [9.17, 15) is 14.9 Å². The maximum absolute atomic E-state index is 12.5. The summed E-state index contributed by atoms with van der Waals surface area (Å²) >= 11 is 6.11. The molecule has 0 aromatic heterocycles. The van der Waals surface area contributed by atoms with E-state index in [4.69, 9.17) is 11.6 Å². The van der Waals surface area contributed by atoms with Crippen molar-refractivity contribution in [2.45, 2.75) is 57.0 Å². The van der Waals surface area contributed by atoms with Gasteiger partial charge in [0.25, 0.3) is 0 Å². The van der Waals surface area contributed by atoms with Crippen molar-refractivity contribution >= 4 is 34.8 Å². The van der Waals surface area contributed by atoms with Crippen LogP contribution >= 0.6 is 11.6 Å². The van der Waals surface area contributed by atoms with Gasteiger partial charge in [0.1, 0.15) is 5.54 Å². The van der Waals surface area contributed by atoms with Gasteiger partial charge < -0.3 is 15.5 Å². The van der Waals surface area contributed by atoms with Crippen LogP contribution in [0.5, 0.6) is 0 Å². The zero-order valence-corrected chi connectivity index (χ0v) is 18.8. The molecule has 0 radical (unpaired) electrons. The average Bonchev–Trinajstić information content (AvgIpc) is 2.95. The molecule has 2 aliphatic rings. The normalized spacial score (nSPS) is 17.2. The second-order valence-electron chi connectivity index (χ2n) is 8.64. The molecule has 1 saturated carbocycles. The number of hydrogen-bond donors (Lipinski definition) is 2. The van der Waals surface area contributed by atoms with Crippen LogP contribution in [0.15, 0.2) is 42.5 Å². The molecule has 1 fully saturated rings. The third kappa shape index (κ3) is 5.05. The Hall–Kier alpha value is -3.04. The van der Waals surface area contributed by atoms with Gasteiger partial charge in [0.2, 0.25) is 11.8 Å². The average molecular weight is 451 g/mol. The smallest absolute Gasteiger partial charge is 0.240 e. The van der Waals surface area contributed by atoms with E-state index in [2.05, 4.69) is 16.7 Å². The fourth-order valence-electron chi connectivity index (χ4n) is 4.50. The van der Waals surface area contributed by atoms with Crippen LogP contribution in [0.2, 0.25) is 5.02 Å². The van der Waals surface area contributed by atoms with Gasteiger partial charge in [-0.05, 0) is 48.2 Å². The van der Waals surface area contributed by atoms with Crippen molar-refractivity contribution < 1.29 is 9.59 Å². The van der Waals surface area contributed by atoms with Crippen LogP contribution in [0.1, 0.15) is 49.7 Å². The summed E-state index contributed by atoms with van der Waals surface area (Å²) in [4.78, 5) is 26.6. The van der Waals surface area contributed by atoms with Crippen LogP contribution in [0.4, 0.5) is 11.4 Å². The van der Waals surface area contributed by atoms with Gasteiger partial charge in [-0.1, -0.05) is 55.5 Å². The number of nitrogens with zero attached hydrogens (tertiary/aromatic N) is 2. The van der Waals surface area contributed by atoms with Gasteiger partial charge in [0.05, 0.1) is 25.6 Å². The first-order valence-electron chi connectivity index (χ1n) is 11.1. The van der Waals surface area contributed by atoms with E-state index in [0.29, 0.717) is 30.8 Å². The van der Waals surface area contributed by atoms with E-state index in [1.807, 2.05) is 42.5 Å². The quantitative estimate of drug-likeness (QED) is 0.631. The Morgan fingerprint density at radius 1 is 1.09 bits per heavy atom. The largest absolute Gasteiger partial charge is 0.376 e. The van der Waals surface area contributed by atoms with Crippen LogP contribution < -0.4 is 15.5 Å². The zero-order chi connectivity index (χ0) is 22.6. The molecule has 2 aromatic carbocycles. The number of amides is 2. The number of halogens is 1. The molecule has 0 atom stereocenters. The minimum atomic E-state index is -0.736. The predicted octanol–water partition coefficient (Wildman–Crippen LogP) is 4.57. The first-order valence-corrected chi connectivity index (χ1v) is 11.5. The van der Waals surface area contributed by atoms with Crippen molar-refractivity contribution in [2.75, 3.05) is 16.8 Å². The molecule has 2 aromatic rings. The molecule has 1 aliphatic carbocycles. The zero-order valence-electron chi connectivity index (χ0n) is 18.0. The van der Waals surface area contributed by atoms with E-state index in [1.165, 1.54) is 0 Å². The molecule has 1 aliphatic heterocycles. The van der Waals surface area contributed by atoms with E-state index in [0.717, 1.165) is 48.2 Å². The Morgan fingerprint density at radius 3 is 2.50 bits per heavy atom. The lowest BCUT2D eigenvalue weighted by molar-refractivity contribution is -0.121. The molecular weight excluding hydrogens is 424 g/mol. The summed E-state index contributed by atoms with van der Waals surface area (Å²) in [5.41, 5.74) is 2.93. The number of hydrogen-bond acceptors (Lipinski definition) is 4. The summed E-state index contributed by atoms with van der Waals surface area (Å²) in [6, 6.07) is 15.6. The van der Waals surface area contributed by atoms with Crippen LogP contribution in [0.25, 0.3) is 0 Å². The number of fused-ring (bicyclic) bond motifs is 1.